The Bertz CT molecular complexity index is 981. The predicted molar refractivity (Wildman–Crippen MR) is 112 cm³/mol. The number of methoxy groups -OCH3 is 1. The van der Waals surface area contributed by atoms with E-state index in [0.29, 0.717) is 18.4 Å². The van der Waals surface area contributed by atoms with E-state index in [2.05, 4.69) is 14.9 Å². The van der Waals surface area contributed by atoms with Gasteiger partial charge in [-0.1, -0.05) is 65.8 Å². The molecule has 2 aromatic carbocycles. The molecule has 0 aliphatic carbocycles. The fourth-order valence-corrected chi connectivity index (χ4v) is 4.98. The van der Waals surface area contributed by atoms with Crippen LogP contribution in [0.2, 0.25) is 0 Å². The van der Waals surface area contributed by atoms with Crippen LogP contribution in [-0.2, 0) is 16.6 Å². The summed E-state index contributed by atoms with van der Waals surface area (Å²) in [6, 6.07) is 19.2. The zero-order valence-corrected chi connectivity index (χ0v) is 17.6. The lowest BCUT2D eigenvalue weighted by atomic mass is 9.93. The number of rotatable bonds is 9. The summed E-state index contributed by atoms with van der Waals surface area (Å²) < 4.78 is 35.8. The second kappa shape index (κ2) is 9.19. The Morgan fingerprint density at radius 3 is 2.03 bits per heavy atom. The van der Waals surface area contributed by atoms with Gasteiger partial charge in [-0.05, 0) is 25.0 Å². The Labute approximate surface area is 171 Å². The molecule has 1 N–H and O–H groups in total. The van der Waals surface area contributed by atoms with Crippen molar-refractivity contribution in [3.05, 3.63) is 77.6 Å². The van der Waals surface area contributed by atoms with Gasteiger partial charge in [0.15, 0.2) is 5.82 Å². The third-order valence-corrected chi connectivity index (χ3v) is 6.26. The molecule has 0 radical (unpaired) electrons. The highest BCUT2D eigenvalue weighted by molar-refractivity contribution is 7.89. The van der Waals surface area contributed by atoms with E-state index in [1.807, 2.05) is 67.6 Å². The molecule has 0 amide bonds. The van der Waals surface area contributed by atoms with Gasteiger partial charge in [0, 0.05) is 12.5 Å². The maximum Gasteiger partial charge on any atom is 0.316 e. The molecule has 0 bridgehead atoms. The zero-order chi connectivity index (χ0) is 20.9. The van der Waals surface area contributed by atoms with Crippen LogP contribution in [0.5, 0.6) is 6.01 Å². The van der Waals surface area contributed by atoms with Gasteiger partial charge in [0.2, 0.25) is 10.0 Å². The van der Waals surface area contributed by atoms with Crippen molar-refractivity contribution in [2.45, 2.75) is 32.4 Å². The number of aromatic nitrogens is 3. The maximum absolute atomic E-state index is 13.0. The van der Waals surface area contributed by atoms with Crippen LogP contribution in [-0.4, -0.2) is 36.0 Å². The topological polar surface area (TPSA) is 86.1 Å². The number of nitrogens with zero attached hydrogens (tertiary/aromatic N) is 3. The first-order chi connectivity index (χ1) is 13.9. The second-order valence-corrected chi connectivity index (χ2v) is 8.58. The maximum atomic E-state index is 13.0. The van der Waals surface area contributed by atoms with Crippen molar-refractivity contribution in [3.8, 4) is 6.01 Å². The Hall–Kier alpha value is -2.71. The Kier molecular flexibility index (Phi) is 6.66. The summed E-state index contributed by atoms with van der Waals surface area (Å²) >= 11 is 0. The number of nitrogens with one attached hydrogen (secondary N) is 1. The van der Waals surface area contributed by atoms with Gasteiger partial charge in [0.25, 0.3) is 0 Å². The van der Waals surface area contributed by atoms with E-state index in [-0.39, 0.29) is 11.7 Å². The van der Waals surface area contributed by atoms with E-state index in [1.165, 1.54) is 7.11 Å². The lowest BCUT2D eigenvalue weighted by Crippen LogP contribution is -2.33. The van der Waals surface area contributed by atoms with E-state index in [1.54, 1.807) is 11.5 Å². The molecule has 0 saturated carbocycles. The minimum atomic E-state index is -3.62. The standard InChI is InChI=1S/C21H26N4O3S/c1-4-25-20(22-23-21(25)28-3)16(2)24-29(26,27)15-19(17-11-7-5-8-12-17)18-13-9-6-10-14-18/h5-14,16,19,24H,4,15H2,1-3H3/t16-/m1/s1. The summed E-state index contributed by atoms with van der Waals surface area (Å²) in [5, 5.41) is 8.07. The van der Waals surface area contributed by atoms with Gasteiger partial charge in [-0.2, -0.15) is 0 Å². The van der Waals surface area contributed by atoms with Gasteiger partial charge in [-0.15, -0.1) is 5.10 Å². The van der Waals surface area contributed by atoms with E-state index in [0.717, 1.165) is 11.1 Å². The SMILES string of the molecule is CCn1c(OC)nnc1[C@@H](C)NS(=O)(=O)CC(c1ccccc1)c1ccccc1. The number of sulfonamides is 1. The highest BCUT2D eigenvalue weighted by atomic mass is 32.2. The van der Waals surface area contributed by atoms with E-state index < -0.39 is 16.1 Å². The monoisotopic (exact) mass is 414 g/mol. The van der Waals surface area contributed by atoms with Crippen molar-refractivity contribution < 1.29 is 13.2 Å². The molecule has 0 unspecified atom stereocenters. The molecule has 1 atom stereocenters. The van der Waals surface area contributed by atoms with Gasteiger partial charge in [-0.3, -0.25) is 4.57 Å². The average Bonchev–Trinajstić information content (AvgIpc) is 3.16. The van der Waals surface area contributed by atoms with E-state index >= 15 is 0 Å². The summed E-state index contributed by atoms with van der Waals surface area (Å²) in [6.45, 7) is 4.26. The zero-order valence-electron chi connectivity index (χ0n) is 16.8. The first-order valence-electron chi connectivity index (χ1n) is 9.52. The van der Waals surface area contributed by atoms with Gasteiger partial charge in [-0.25, -0.2) is 13.1 Å². The summed E-state index contributed by atoms with van der Waals surface area (Å²) in [7, 11) is -2.11. The molecule has 1 heterocycles. The number of hydrogen-bond donors (Lipinski definition) is 1. The average molecular weight is 415 g/mol. The van der Waals surface area contributed by atoms with Gasteiger partial charge < -0.3 is 4.74 Å². The quantitative estimate of drug-likeness (QED) is 0.581. The summed E-state index contributed by atoms with van der Waals surface area (Å²) in [5.41, 5.74) is 1.91. The van der Waals surface area contributed by atoms with E-state index in [4.69, 9.17) is 4.74 Å². The molecule has 0 saturated heterocycles. The summed E-state index contributed by atoms with van der Waals surface area (Å²) in [6.07, 6.45) is 0. The molecule has 0 spiro atoms. The number of hydrogen-bond acceptors (Lipinski definition) is 5. The van der Waals surface area contributed by atoms with Crippen LogP contribution in [0.15, 0.2) is 60.7 Å². The minimum absolute atomic E-state index is 0.0667. The van der Waals surface area contributed by atoms with Crippen molar-refractivity contribution in [2.75, 3.05) is 12.9 Å². The fraction of sp³-hybridized carbons (Fsp3) is 0.333. The molecule has 3 rings (SSSR count). The number of benzene rings is 2. The molecule has 7 nitrogen and oxygen atoms in total. The van der Waals surface area contributed by atoms with Crippen molar-refractivity contribution in [1.29, 1.82) is 0 Å². The molecule has 1 aromatic heterocycles. The third-order valence-electron chi connectivity index (χ3n) is 4.78. The van der Waals surface area contributed by atoms with Crippen LogP contribution in [0.4, 0.5) is 0 Å². The van der Waals surface area contributed by atoms with Crippen molar-refractivity contribution in [1.82, 2.24) is 19.5 Å². The predicted octanol–water partition coefficient (Wildman–Crippen LogP) is 3.12. The van der Waals surface area contributed by atoms with Gasteiger partial charge in [0.05, 0.1) is 18.9 Å². The van der Waals surface area contributed by atoms with Crippen LogP contribution in [0.3, 0.4) is 0 Å². The van der Waals surface area contributed by atoms with Crippen LogP contribution < -0.4 is 9.46 Å². The largest absolute Gasteiger partial charge is 0.467 e. The Balaban J connectivity index is 1.85. The summed E-state index contributed by atoms with van der Waals surface area (Å²) in [4.78, 5) is 0. The second-order valence-electron chi connectivity index (χ2n) is 6.78. The van der Waals surface area contributed by atoms with Crippen LogP contribution in [0.1, 0.15) is 42.8 Å². The smallest absolute Gasteiger partial charge is 0.316 e. The van der Waals surface area contributed by atoms with Gasteiger partial charge in [0.1, 0.15) is 0 Å². The van der Waals surface area contributed by atoms with Crippen LogP contribution in [0, 0.1) is 0 Å². The molecule has 8 heteroatoms. The first kappa shape index (κ1) is 21.0. The van der Waals surface area contributed by atoms with Crippen molar-refractivity contribution >= 4 is 10.0 Å². The fourth-order valence-electron chi connectivity index (χ4n) is 3.41. The molecular weight excluding hydrogens is 388 g/mol. The Morgan fingerprint density at radius 2 is 1.55 bits per heavy atom. The third kappa shape index (κ3) is 5.02. The lowest BCUT2D eigenvalue weighted by molar-refractivity contribution is 0.354. The minimum Gasteiger partial charge on any atom is -0.467 e. The first-order valence-corrected chi connectivity index (χ1v) is 11.2. The van der Waals surface area contributed by atoms with Crippen molar-refractivity contribution in [2.24, 2.45) is 0 Å². The molecule has 3 aromatic rings. The van der Waals surface area contributed by atoms with Gasteiger partial charge >= 0.3 is 6.01 Å². The normalized spacial score (nSPS) is 12.8. The molecule has 0 aliphatic heterocycles. The lowest BCUT2D eigenvalue weighted by Gasteiger charge is -2.20. The van der Waals surface area contributed by atoms with E-state index in [9.17, 15) is 8.42 Å². The summed E-state index contributed by atoms with van der Waals surface area (Å²) in [5.74, 6) is 0.174. The molecule has 154 valence electrons. The van der Waals surface area contributed by atoms with Crippen LogP contribution >= 0.6 is 0 Å². The highest BCUT2D eigenvalue weighted by Crippen LogP contribution is 2.27. The highest BCUT2D eigenvalue weighted by Gasteiger charge is 2.26. The molecule has 0 aliphatic rings. The number of ether oxygens (including phenoxy) is 1. The molecule has 29 heavy (non-hydrogen) atoms. The van der Waals surface area contributed by atoms with Crippen molar-refractivity contribution in [3.63, 3.8) is 0 Å². The Morgan fingerprint density at radius 1 is 1.00 bits per heavy atom. The molecular formula is C21H26N4O3S. The van der Waals surface area contributed by atoms with Crippen LogP contribution in [0.25, 0.3) is 0 Å². The molecule has 0 fully saturated rings.